The van der Waals surface area contributed by atoms with Crippen LogP contribution in [-0.2, 0) is 14.6 Å². The number of hydrogen-bond donors (Lipinski definition) is 0. The smallest absolute Gasteiger partial charge is 0.255 e. The first-order valence-corrected chi connectivity index (χ1v) is 11.7. The third-order valence-corrected chi connectivity index (χ3v) is 6.78. The van der Waals surface area contributed by atoms with Gasteiger partial charge in [0.1, 0.15) is 0 Å². The Kier molecular flexibility index (Phi) is 6.09. The van der Waals surface area contributed by atoms with Crippen molar-refractivity contribution in [2.45, 2.75) is 43.7 Å². The molecule has 3 rings (SSSR count). The predicted molar refractivity (Wildman–Crippen MR) is 107 cm³/mol. The Morgan fingerprint density at radius 1 is 1.07 bits per heavy atom. The van der Waals surface area contributed by atoms with Crippen LogP contribution in [0.1, 0.15) is 37.0 Å². The monoisotopic (exact) mass is 407 g/mol. The van der Waals surface area contributed by atoms with Gasteiger partial charge in [-0.05, 0) is 38.8 Å². The molecule has 2 saturated heterocycles. The van der Waals surface area contributed by atoms with Crippen molar-refractivity contribution in [3.05, 3.63) is 29.8 Å². The fourth-order valence-corrected chi connectivity index (χ4v) is 4.99. The van der Waals surface area contributed by atoms with Gasteiger partial charge in [-0.15, -0.1) is 0 Å². The lowest BCUT2D eigenvalue weighted by Crippen LogP contribution is -2.59. The summed E-state index contributed by atoms with van der Waals surface area (Å²) in [6.07, 6.45) is 2.97. The van der Waals surface area contributed by atoms with Gasteiger partial charge in [-0.2, -0.15) is 0 Å². The average molecular weight is 408 g/mol. The van der Waals surface area contributed by atoms with E-state index in [1.807, 2.05) is 18.7 Å². The number of hydrogen-bond acceptors (Lipinski definition) is 5. The standard InChI is InChI=1S/C20H29N3O4S/c1-15(2)23-10-6-8-17(20(23)25)21-11-13-22(14-12-21)19(24)16-7-4-5-9-18(16)28(3,26)27/h4-5,7,9,15,17H,6,8,10-14H2,1-3H3/t17-/m0/s1. The lowest BCUT2D eigenvalue weighted by molar-refractivity contribution is -0.142. The summed E-state index contributed by atoms with van der Waals surface area (Å²) in [5.74, 6) is -0.0806. The van der Waals surface area contributed by atoms with E-state index in [9.17, 15) is 18.0 Å². The summed E-state index contributed by atoms with van der Waals surface area (Å²) in [6.45, 7) is 7.11. The van der Waals surface area contributed by atoms with Crippen LogP contribution in [0.5, 0.6) is 0 Å². The molecule has 0 radical (unpaired) electrons. The Morgan fingerprint density at radius 2 is 1.71 bits per heavy atom. The fraction of sp³-hybridized carbons (Fsp3) is 0.600. The Balaban J connectivity index is 1.68. The minimum atomic E-state index is -3.47. The molecule has 154 valence electrons. The number of nitrogens with zero attached hydrogens (tertiary/aromatic N) is 3. The molecule has 0 N–H and O–H groups in total. The van der Waals surface area contributed by atoms with Crippen LogP contribution in [0.4, 0.5) is 0 Å². The molecule has 0 saturated carbocycles. The van der Waals surface area contributed by atoms with E-state index < -0.39 is 9.84 Å². The van der Waals surface area contributed by atoms with E-state index >= 15 is 0 Å². The van der Waals surface area contributed by atoms with Gasteiger partial charge < -0.3 is 9.80 Å². The molecule has 0 bridgehead atoms. The zero-order valence-corrected chi connectivity index (χ0v) is 17.6. The summed E-state index contributed by atoms with van der Waals surface area (Å²) in [5.41, 5.74) is 0.221. The highest BCUT2D eigenvalue weighted by molar-refractivity contribution is 7.90. The number of sulfone groups is 1. The molecule has 1 aromatic carbocycles. The summed E-state index contributed by atoms with van der Waals surface area (Å²) < 4.78 is 24.0. The topological polar surface area (TPSA) is 78.0 Å². The van der Waals surface area contributed by atoms with Crippen molar-refractivity contribution in [2.75, 3.05) is 39.0 Å². The first-order valence-electron chi connectivity index (χ1n) is 9.83. The van der Waals surface area contributed by atoms with Gasteiger partial charge in [-0.25, -0.2) is 8.42 Å². The molecule has 1 atom stereocenters. The third kappa shape index (κ3) is 4.22. The lowest BCUT2D eigenvalue weighted by Gasteiger charge is -2.43. The molecule has 7 nitrogen and oxygen atoms in total. The second kappa shape index (κ2) is 8.21. The molecule has 28 heavy (non-hydrogen) atoms. The maximum absolute atomic E-state index is 12.9. The van der Waals surface area contributed by atoms with E-state index in [4.69, 9.17) is 0 Å². The Hall–Kier alpha value is -1.93. The van der Waals surface area contributed by atoms with Gasteiger partial charge in [-0.1, -0.05) is 12.1 Å². The number of piperazine rings is 1. The van der Waals surface area contributed by atoms with E-state index in [-0.39, 0.29) is 34.4 Å². The van der Waals surface area contributed by atoms with E-state index in [2.05, 4.69) is 4.90 Å². The first kappa shape index (κ1) is 20.8. The van der Waals surface area contributed by atoms with Crippen LogP contribution >= 0.6 is 0 Å². The molecule has 2 fully saturated rings. The van der Waals surface area contributed by atoms with Crippen LogP contribution in [0.2, 0.25) is 0 Å². The Labute approximate surface area is 167 Å². The van der Waals surface area contributed by atoms with Crippen LogP contribution in [0.25, 0.3) is 0 Å². The van der Waals surface area contributed by atoms with E-state index in [0.717, 1.165) is 25.6 Å². The van der Waals surface area contributed by atoms with Crippen LogP contribution < -0.4 is 0 Å². The fourth-order valence-electron chi connectivity index (χ4n) is 4.11. The van der Waals surface area contributed by atoms with Crippen LogP contribution in [0.3, 0.4) is 0 Å². The Morgan fingerprint density at radius 3 is 2.32 bits per heavy atom. The van der Waals surface area contributed by atoms with E-state index in [1.165, 1.54) is 6.07 Å². The second-order valence-electron chi connectivity index (χ2n) is 7.88. The number of benzene rings is 1. The summed E-state index contributed by atoms with van der Waals surface area (Å²) >= 11 is 0. The van der Waals surface area contributed by atoms with Gasteiger partial charge in [0.2, 0.25) is 5.91 Å². The van der Waals surface area contributed by atoms with Crippen molar-refractivity contribution in [3.63, 3.8) is 0 Å². The summed E-state index contributed by atoms with van der Waals surface area (Å²) in [5, 5.41) is 0. The highest BCUT2D eigenvalue weighted by Crippen LogP contribution is 2.22. The minimum absolute atomic E-state index is 0.0671. The van der Waals surface area contributed by atoms with Gasteiger partial charge in [-0.3, -0.25) is 14.5 Å². The molecule has 2 aliphatic heterocycles. The third-order valence-electron chi connectivity index (χ3n) is 5.63. The van der Waals surface area contributed by atoms with Gasteiger partial charge in [0.15, 0.2) is 9.84 Å². The minimum Gasteiger partial charge on any atom is -0.339 e. The molecule has 2 amide bonds. The molecule has 0 aromatic heterocycles. The van der Waals surface area contributed by atoms with Crippen LogP contribution in [-0.4, -0.2) is 86.0 Å². The zero-order chi connectivity index (χ0) is 20.5. The van der Waals surface area contributed by atoms with Gasteiger partial charge >= 0.3 is 0 Å². The molecule has 2 heterocycles. The lowest BCUT2D eigenvalue weighted by atomic mass is 10.0. The van der Waals surface area contributed by atoms with Crippen molar-refractivity contribution >= 4 is 21.7 Å². The average Bonchev–Trinajstić information content (AvgIpc) is 2.67. The van der Waals surface area contributed by atoms with Gasteiger partial charge in [0.25, 0.3) is 5.91 Å². The van der Waals surface area contributed by atoms with Gasteiger partial charge in [0.05, 0.1) is 16.5 Å². The molecule has 0 spiro atoms. The number of carbonyl (C=O) groups excluding carboxylic acids is 2. The number of likely N-dealkylation sites (tertiary alicyclic amines) is 1. The van der Waals surface area contributed by atoms with Crippen LogP contribution in [0.15, 0.2) is 29.2 Å². The quantitative estimate of drug-likeness (QED) is 0.751. The second-order valence-corrected chi connectivity index (χ2v) is 9.86. The maximum atomic E-state index is 12.9. The van der Waals surface area contributed by atoms with Crippen molar-refractivity contribution in [3.8, 4) is 0 Å². The number of carbonyl (C=O) groups is 2. The highest BCUT2D eigenvalue weighted by atomic mass is 32.2. The molecular formula is C20H29N3O4S. The summed E-state index contributed by atoms with van der Waals surface area (Å²) in [4.78, 5) is 31.6. The normalized spacial score (nSPS) is 22.0. The molecule has 8 heteroatoms. The molecule has 0 aliphatic carbocycles. The number of amides is 2. The van der Waals surface area contributed by atoms with Crippen molar-refractivity contribution in [1.82, 2.24) is 14.7 Å². The number of piperidine rings is 1. The molecule has 2 aliphatic rings. The van der Waals surface area contributed by atoms with Crippen molar-refractivity contribution in [1.29, 1.82) is 0 Å². The maximum Gasteiger partial charge on any atom is 0.255 e. The van der Waals surface area contributed by atoms with Gasteiger partial charge in [0, 0.05) is 45.0 Å². The van der Waals surface area contributed by atoms with E-state index in [0.29, 0.717) is 26.2 Å². The van der Waals surface area contributed by atoms with Crippen molar-refractivity contribution < 1.29 is 18.0 Å². The summed E-state index contributed by atoms with van der Waals surface area (Å²) in [7, 11) is -3.47. The largest absolute Gasteiger partial charge is 0.339 e. The summed E-state index contributed by atoms with van der Waals surface area (Å²) in [6, 6.07) is 6.43. The predicted octanol–water partition coefficient (Wildman–Crippen LogP) is 1.25. The first-order chi connectivity index (χ1) is 13.2. The molecular weight excluding hydrogens is 378 g/mol. The molecule has 0 unspecified atom stereocenters. The Bertz CT molecular complexity index is 845. The van der Waals surface area contributed by atoms with Crippen LogP contribution in [0, 0.1) is 0 Å². The zero-order valence-electron chi connectivity index (χ0n) is 16.8. The highest BCUT2D eigenvalue weighted by Gasteiger charge is 2.36. The molecule has 1 aromatic rings. The SMILES string of the molecule is CC(C)N1CCC[C@H](N2CCN(C(=O)c3ccccc3S(C)(=O)=O)CC2)C1=O. The number of rotatable bonds is 4. The van der Waals surface area contributed by atoms with E-state index in [1.54, 1.807) is 23.1 Å². The van der Waals surface area contributed by atoms with Crippen molar-refractivity contribution in [2.24, 2.45) is 0 Å².